The van der Waals surface area contributed by atoms with Crippen molar-refractivity contribution in [2.45, 2.75) is 32.7 Å². The Balaban J connectivity index is 2.02. The van der Waals surface area contributed by atoms with Gasteiger partial charge in [-0.3, -0.25) is 4.90 Å². The van der Waals surface area contributed by atoms with E-state index in [2.05, 4.69) is 15.5 Å². The molecule has 2 aromatic rings. The summed E-state index contributed by atoms with van der Waals surface area (Å²) in [5.74, 6) is -0.241. The van der Waals surface area contributed by atoms with E-state index in [1.807, 2.05) is 13.8 Å². The van der Waals surface area contributed by atoms with E-state index < -0.39 is 0 Å². The zero-order chi connectivity index (χ0) is 15.7. The Morgan fingerprint density at radius 3 is 2.36 bits per heavy atom. The molecule has 1 atom stereocenters. The molecular formula is C18H21FN2O. The number of aromatic nitrogens is 1. The van der Waals surface area contributed by atoms with Gasteiger partial charge in [-0.15, -0.1) is 0 Å². The Morgan fingerprint density at radius 1 is 1.14 bits per heavy atom. The monoisotopic (exact) mass is 300 g/mol. The Labute approximate surface area is 130 Å². The molecular weight excluding hydrogens is 279 g/mol. The molecule has 1 aromatic heterocycles. The van der Waals surface area contributed by atoms with Crippen LogP contribution in [0.3, 0.4) is 0 Å². The average molecular weight is 300 g/mol. The summed E-state index contributed by atoms with van der Waals surface area (Å²) in [5.41, 5.74) is 4.09. The number of aryl methyl sites for hydroxylation is 1. The highest BCUT2D eigenvalue weighted by molar-refractivity contribution is 5.63. The molecule has 1 fully saturated rings. The molecule has 1 aliphatic heterocycles. The van der Waals surface area contributed by atoms with Crippen LogP contribution in [0.25, 0.3) is 5.69 Å². The van der Waals surface area contributed by atoms with E-state index in [-0.39, 0.29) is 11.9 Å². The minimum atomic E-state index is -0.241. The van der Waals surface area contributed by atoms with Crippen molar-refractivity contribution in [3.8, 4) is 5.69 Å². The molecule has 1 aliphatic rings. The average Bonchev–Trinajstić information content (AvgIpc) is 3.12. The standard InChI is InChI=1S/C18H21FN2O/c1-13-11-17(18(12-22)20-9-3-4-10-20)14(2)21(13)16-7-5-15(19)6-8-16/h5-8,11-12,18H,3-4,9-10H2,1-2H3. The second-order valence-electron chi connectivity index (χ2n) is 5.96. The van der Waals surface area contributed by atoms with Crippen LogP contribution in [0.5, 0.6) is 0 Å². The highest BCUT2D eigenvalue weighted by atomic mass is 19.1. The zero-order valence-electron chi connectivity index (χ0n) is 13.1. The molecule has 3 nitrogen and oxygen atoms in total. The van der Waals surface area contributed by atoms with Gasteiger partial charge in [-0.2, -0.15) is 0 Å². The SMILES string of the molecule is Cc1cc(C(C=O)N2CCCC2)c(C)n1-c1ccc(F)cc1. The van der Waals surface area contributed by atoms with E-state index in [9.17, 15) is 9.18 Å². The van der Waals surface area contributed by atoms with Gasteiger partial charge in [0, 0.05) is 17.1 Å². The molecule has 3 rings (SSSR count). The van der Waals surface area contributed by atoms with Crippen LogP contribution in [0.1, 0.15) is 35.8 Å². The molecule has 0 bridgehead atoms. The van der Waals surface area contributed by atoms with Crippen LogP contribution in [0, 0.1) is 19.7 Å². The predicted molar refractivity (Wildman–Crippen MR) is 84.8 cm³/mol. The number of carbonyl (C=O) groups excluding carboxylic acids is 1. The van der Waals surface area contributed by atoms with Crippen LogP contribution >= 0.6 is 0 Å². The van der Waals surface area contributed by atoms with E-state index in [4.69, 9.17) is 0 Å². The first-order chi connectivity index (χ1) is 10.6. The fraction of sp³-hybridized carbons (Fsp3) is 0.389. The van der Waals surface area contributed by atoms with Crippen molar-refractivity contribution in [2.24, 2.45) is 0 Å². The Hall–Kier alpha value is -1.94. The van der Waals surface area contributed by atoms with E-state index >= 15 is 0 Å². The molecule has 0 spiro atoms. The molecule has 2 heterocycles. The number of aldehydes is 1. The summed E-state index contributed by atoms with van der Waals surface area (Å²) in [6.45, 7) is 6.00. The van der Waals surface area contributed by atoms with E-state index in [0.717, 1.165) is 54.9 Å². The van der Waals surface area contributed by atoms with Gasteiger partial charge in [0.15, 0.2) is 0 Å². The normalized spacial score (nSPS) is 16.9. The fourth-order valence-electron chi connectivity index (χ4n) is 3.45. The summed E-state index contributed by atoms with van der Waals surface area (Å²) in [5, 5.41) is 0. The van der Waals surface area contributed by atoms with Gasteiger partial charge in [0.2, 0.25) is 0 Å². The van der Waals surface area contributed by atoms with Crippen LogP contribution in [0.4, 0.5) is 4.39 Å². The summed E-state index contributed by atoms with van der Waals surface area (Å²) in [4.78, 5) is 13.9. The van der Waals surface area contributed by atoms with Crippen LogP contribution < -0.4 is 0 Å². The lowest BCUT2D eigenvalue weighted by molar-refractivity contribution is -0.112. The largest absolute Gasteiger partial charge is 0.318 e. The molecule has 1 saturated heterocycles. The molecule has 116 valence electrons. The van der Waals surface area contributed by atoms with Gasteiger partial charge < -0.3 is 9.36 Å². The first kappa shape index (κ1) is 15.0. The molecule has 1 aromatic carbocycles. The van der Waals surface area contributed by atoms with Gasteiger partial charge in [0.25, 0.3) is 0 Å². The molecule has 0 N–H and O–H groups in total. The van der Waals surface area contributed by atoms with Crippen LogP contribution in [0.2, 0.25) is 0 Å². The first-order valence-corrected chi connectivity index (χ1v) is 7.76. The van der Waals surface area contributed by atoms with Crippen molar-refractivity contribution in [1.82, 2.24) is 9.47 Å². The number of halogens is 1. The number of likely N-dealkylation sites (tertiary alicyclic amines) is 1. The summed E-state index contributed by atoms with van der Waals surface area (Å²) < 4.78 is 15.2. The van der Waals surface area contributed by atoms with Crippen molar-refractivity contribution >= 4 is 6.29 Å². The van der Waals surface area contributed by atoms with Gasteiger partial charge in [-0.1, -0.05) is 0 Å². The fourth-order valence-corrected chi connectivity index (χ4v) is 3.45. The lowest BCUT2D eigenvalue weighted by atomic mass is 10.1. The smallest absolute Gasteiger partial charge is 0.141 e. The summed E-state index contributed by atoms with van der Waals surface area (Å²) in [6, 6.07) is 8.37. The number of rotatable bonds is 4. The molecule has 1 unspecified atom stereocenters. The molecule has 4 heteroatoms. The Bertz CT molecular complexity index is 669. The quantitative estimate of drug-likeness (QED) is 0.807. The minimum absolute atomic E-state index is 0.178. The summed E-state index contributed by atoms with van der Waals surface area (Å²) in [6.07, 6.45) is 3.35. The van der Waals surface area contributed by atoms with Crippen molar-refractivity contribution < 1.29 is 9.18 Å². The van der Waals surface area contributed by atoms with Gasteiger partial charge >= 0.3 is 0 Å². The number of benzene rings is 1. The summed E-state index contributed by atoms with van der Waals surface area (Å²) in [7, 11) is 0. The highest BCUT2D eigenvalue weighted by Crippen LogP contribution is 2.30. The topological polar surface area (TPSA) is 25.2 Å². The Kier molecular flexibility index (Phi) is 4.12. The van der Waals surface area contributed by atoms with Gasteiger partial charge in [0.05, 0.1) is 6.04 Å². The lowest BCUT2D eigenvalue weighted by Crippen LogP contribution is -2.27. The molecule has 0 amide bonds. The maximum atomic E-state index is 13.1. The molecule has 22 heavy (non-hydrogen) atoms. The van der Waals surface area contributed by atoms with E-state index in [0.29, 0.717) is 0 Å². The van der Waals surface area contributed by atoms with Crippen LogP contribution in [-0.2, 0) is 4.79 Å². The predicted octanol–water partition coefficient (Wildman–Crippen LogP) is 3.57. The van der Waals surface area contributed by atoms with Crippen molar-refractivity contribution in [1.29, 1.82) is 0 Å². The molecule has 0 saturated carbocycles. The zero-order valence-corrected chi connectivity index (χ0v) is 13.1. The first-order valence-electron chi connectivity index (χ1n) is 7.76. The highest BCUT2D eigenvalue weighted by Gasteiger charge is 2.26. The van der Waals surface area contributed by atoms with Gasteiger partial charge in [-0.05, 0) is 75.7 Å². The molecule has 0 aliphatic carbocycles. The van der Waals surface area contributed by atoms with Crippen molar-refractivity contribution in [3.63, 3.8) is 0 Å². The minimum Gasteiger partial charge on any atom is -0.318 e. The Morgan fingerprint density at radius 2 is 1.77 bits per heavy atom. The maximum absolute atomic E-state index is 13.1. The van der Waals surface area contributed by atoms with Crippen LogP contribution in [0.15, 0.2) is 30.3 Å². The lowest BCUT2D eigenvalue weighted by Gasteiger charge is -2.22. The third-order valence-corrected chi connectivity index (χ3v) is 4.54. The third kappa shape index (κ3) is 2.59. The number of hydrogen-bond acceptors (Lipinski definition) is 2. The second kappa shape index (κ2) is 6.05. The maximum Gasteiger partial charge on any atom is 0.141 e. The van der Waals surface area contributed by atoms with E-state index in [1.54, 1.807) is 12.1 Å². The molecule has 0 radical (unpaired) electrons. The van der Waals surface area contributed by atoms with Crippen molar-refractivity contribution in [2.75, 3.05) is 13.1 Å². The van der Waals surface area contributed by atoms with Gasteiger partial charge in [-0.25, -0.2) is 4.39 Å². The third-order valence-electron chi connectivity index (χ3n) is 4.54. The number of nitrogens with zero attached hydrogens (tertiary/aromatic N) is 2. The van der Waals surface area contributed by atoms with E-state index in [1.165, 1.54) is 12.1 Å². The summed E-state index contributed by atoms with van der Waals surface area (Å²) >= 11 is 0. The van der Waals surface area contributed by atoms with Crippen LogP contribution in [-0.4, -0.2) is 28.8 Å². The second-order valence-corrected chi connectivity index (χ2v) is 5.96. The number of hydrogen-bond donors (Lipinski definition) is 0. The van der Waals surface area contributed by atoms with Gasteiger partial charge in [0.1, 0.15) is 12.1 Å². The van der Waals surface area contributed by atoms with Crippen molar-refractivity contribution in [3.05, 3.63) is 53.1 Å². The number of carbonyl (C=O) groups is 1.